The van der Waals surface area contributed by atoms with E-state index >= 15 is 0 Å². The average molecular weight is 436 g/mol. The summed E-state index contributed by atoms with van der Waals surface area (Å²) in [6, 6.07) is 42.1. The second-order valence-electron chi connectivity index (χ2n) is 9.85. The Morgan fingerprint density at radius 1 is 0.500 bits per heavy atom. The summed E-state index contributed by atoms with van der Waals surface area (Å²) in [6.45, 7) is 4.69. The molecule has 1 heterocycles. The predicted molar refractivity (Wildman–Crippen MR) is 144 cm³/mol. The van der Waals surface area contributed by atoms with Gasteiger partial charge in [0.2, 0.25) is 0 Å². The Balaban J connectivity index is 1.48. The maximum atomic E-state index is 2.43. The van der Waals surface area contributed by atoms with Gasteiger partial charge in [-0.25, -0.2) is 0 Å². The quantitative estimate of drug-likeness (QED) is 0.256. The van der Waals surface area contributed by atoms with Gasteiger partial charge in [0.25, 0.3) is 0 Å². The molecule has 0 saturated heterocycles. The van der Waals surface area contributed by atoms with E-state index in [2.05, 4.69) is 134 Å². The Morgan fingerprint density at radius 2 is 1.21 bits per heavy atom. The highest BCUT2D eigenvalue weighted by molar-refractivity contribution is 6.10. The van der Waals surface area contributed by atoms with Crippen LogP contribution >= 0.6 is 0 Å². The summed E-state index contributed by atoms with van der Waals surface area (Å²) < 4.78 is 2.43. The molecule has 0 bridgehead atoms. The molecule has 5 aromatic carbocycles. The minimum atomic E-state index is -0.0127. The number of hydrogen-bond donors (Lipinski definition) is 0. The maximum Gasteiger partial charge on any atom is 0.0541 e. The first-order chi connectivity index (χ1) is 16.6. The normalized spacial score (nSPS) is 13.8. The van der Waals surface area contributed by atoms with Crippen molar-refractivity contribution >= 4 is 21.8 Å². The van der Waals surface area contributed by atoms with Crippen LogP contribution in [0.2, 0.25) is 0 Å². The maximum absolute atomic E-state index is 2.43. The molecule has 0 saturated carbocycles. The van der Waals surface area contributed by atoms with E-state index in [1.807, 2.05) is 0 Å². The van der Waals surface area contributed by atoms with Gasteiger partial charge >= 0.3 is 0 Å². The summed E-state index contributed by atoms with van der Waals surface area (Å²) >= 11 is 0. The molecule has 1 aromatic heterocycles. The lowest BCUT2D eigenvalue weighted by Crippen LogP contribution is -2.15. The first-order valence-corrected chi connectivity index (χ1v) is 12.0. The zero-order valence-electron chi connectivity index (χ0n) is 19.4. The summed E-state index contributed by atoms with van der Waals surface area (Å²) in [4.78, 5) is 0. The van der Waals surface area contributed by atoms with Gasteiger partial charge in [-0.3, -0.25) is 0 Å². The van der Waals surface area contributed by atoms with E-state index in [9.17, 15) is 0 Å². The molecule has 7 rings (SSSR count). The number of rotatable bonds is 2. The standard InChI is InChI=1S/C33H25N/c1-33(2)29-14-8-6-12-25(29)26-18-17-24(21-30(26)33)34-31-15-9-7-13-27(31)28-20-23(16-19-32(28)34)22-10-4-3-5-11-22/h3-21H,1-2H3. The molecule has 1 nitrogen and oxygen atoms in total. The van der Waals surface area contributed by atoms with Crippen LogP contribution in [0.3, 0.4) is 0 Å². The monoisotopic (exact) mass is 435 g/mol. The fourth-order valence-corrected chi connectivity index (χ4v) is 5.89. The zero-order chi connectivity index (χ0) is 22.9. The average Bonchev–Trinajstić information content (AvgIpc) is 3.33. The van der Waals surface area contributed by atoms with Crippen molar-refractivity contribution in [3.63, 3.8) is 0 Å². The predicted octanol–water partition coefficient (Wildman–Crippen LogP) is 8.76. The molecule has 0 fully saturated rings. The fraction of sp³-hybridized carbons (Fsp3) is 0.0909. The number of benzene rings is 5. The van der Waals surface area contributed by atoms with E-state index in [-0.39, 0.29) is 5.41 Å². The van der Waals surface area contributed by atoms with E-state index in [1.54, 1.807) is 0 Å². The summed E-state index contributed by atoms with van der Waals surface area (Å²) in [5, 5.41) is 2.58. The van der Waals surface area contributed by atoms with E-state index in [0.717, 1.165) is 0 Å². The van der Waals surface area contributed by atoms with E-state index in [1.165, 1.54) is 60.9 Å². The Bertz CT molecular complexity index is 1720. The molecular weight excluding hydrogens is 410 g/mol. The number of fused-ring (bicyclic) bond motifs is 6. The van der Waals surface area contributed by atoms with Crippen LogP contribution in [-0.2, 0) is 5.41 Å². The molecule has 0 atom stereocenters. The van der Waals surface area contributed by atoms with Crippen molar-refractivity contribution in [2.75, 3.05) is 0 Å². The molecule has 0 unspecified atom stereocenters. The van der Waals surface area contributed by atoms with Crippen LogP contribution < -0.4 is 0 Å². The highest BCUT2D eigenvalue weighted by atomic mass is 15.0. The van der Waals surface area contributed by atoms with Crippen molar-refractivity contribution in [2.45, 2.75) is 19.3 Å². The van der Waals surface area contributed by atoms with Crippen LogP contribution in [0.4, 0.5) is 0 Å². The van der Waals surface area contributed by atoms with Crippen LogP contribution in [0, 0.1) is 0 Å². The summed E-state index contributed by atoms with van der Waals surface area (Å²) in [7, 11) is 0. The van der Waals surface area contributed by atoms with Crippen molar-refractivity contribution in [3.8, 4) is 27.9 Å². The van der Waals surface area contributed by atoms with Crippen molar-refractivity contribution in [1.82, 2.24) is 4.57 Å². The first kappa shape index (κ1) is 19.4. The van der Waals surface area contributed by atoms with Crippen LogP contribution in [0.1, 0.15) is 25.0 Å². The van der Waals surface area contributed by atoms with Crippen LogP contribution in [0.25, 0.3) is 49.7 Å². The second-order valence-corrected chi connectivity index (χ2v) is 9.85. The molecule has 162 valence electrons. The highest BCUT2D eigenvalue weighted by Crippen LogP contribution is 2.49. The van der Waals surface area contributed by atoms with Gasteiger partial charge < -0.3 is 4.57 Å². The molecule has 1 heteroatoms. The van der Waals surface area contributed by atoms with Gasteiger partial charge in [0.1, 0.15) is 0 Å². The molecule has 0 N–H and O–H groups in total. The lowest BCUT2D eigenvalue weighted by molar-refractivity contribution is 0.660. The molecule has 0 spiro atoms. The molecule has 1 aliphatic carbocycles. The van der Waals surface area contributed by atoms with Crippen LogP contribution in [0.5, 0.6) is 0 Å². The molecule has 1 aliphatic rings. The Labute approximate surface area is 199 Å². The van der Waals surface area contributed by atoms with Crippen molar-refractivity contribution in [1.29, 1.82) is 0 Å². The number of nitrogens with zero attached hydrogens (tertiary/aromatic N) is 1. The van der Waals surface area contributed by atoms with Crippen molar-refractivity contribution in [2.24, 2.45) is 0 Å². The van der Waals surface area contributed by atoms with Gasteiger partial charge in [-0.2, -0.15) is 0 Å². The minimum absolute atomic E-state index is 0.0127. The summed E-state index contributed by atoms with van der Waals surface area (Å²) in [5.41, 5.74) is 11.7. The van der Waals surface area contributed by atoms with Gasteiger partial charge in [0.05, 0.1) is 11.0 Å². The third-order valence-electron chi connectivity index (χ3n) is 7.60. The largest absolute Gasteiger partial charge is 0.309 e. The molecule has 0 aliphatic heterocycles. The van der Waals surface area contributed by atoms with Gasteiger partial charge in [0.15, 0.2) is 0 Å². The van der Waals surface area contributed by atoms with E-state index < -0.39 is 0 Å². The van der Waals surface area contributed by atoms with Crippen LogP contribution in [0.15, 0.2) is 115 Å². The molecule has 0 amide bonds. The smallest absolute Gasteiger partial charge is 0.0541 e. The fourth-order valence-electron chi connectivity index (χ4n) is 5.89. The van der Waals surface area contributed by atoms with Gasteiger partial charge in [-0.15, -0.1) is 0 Å². The molecular formula is C33H25N. The number of para-hydroxylation sites is 1. The minimum Gasteiger partial charge on any atom is -0.309 e. The topological polar surface area (TPSA) is 4.93 Å². The zero-order valence-corrected chi connectivity index (χ0v) is 19.4. The van der Waals surface area contributed by atoms with E-state index in [0.29, 0.717) is 0 Å². The highest BCUT2D eigenvalue weighted by Gasteiger charge is 2.35. The van der Waals surface area contributed by atoms with Crippen LogP contribution in [-0.4, -0.2) is 4.57 Å². The third-order valence-corrected chi connectivity index (χ3v) is 7.60. The van der Waals surface area contributed by atoms with E-state index in [4.69, 9.17) is 0 Å². The molecule has 6 aromatic rings. The lowest BCUT2D eigenvalue weighted by atomic mass is 9.82. The molecule has 34 heavy (non-hydrogen) atoms. The Kier molecular flexibility index (Phi) is 3.96. The van der Waals surface area contributed by atoms with Crippen molar-refractivity contribution < 1.29 is 0 Å². The Hall–Kier alpha value is -4.10. The number of hydrogen-bond acceptors (Lipinski definition) is 0. The molecule has 0 radical (unpaired) electrons. The first-order valence-electron chi connectivity index (χ1n) is 12.0. The lowest BCUT2D eigenvalue weighted by Gasteiger charge is -2.22. The second kappa shape index (κ2) is 6.95. The van der Waals surface area contributed by atoms with Crippen molar-refractivity contribution in [3.05, 3.63) is 126 Å². The summed E-state index contributed by atoms with van der Waals surface area (Å²) in [6.07, 6.45) is 0. The van der Waals surface area contributed by atoms with Gasteiger partial charge in [-0.05, 0) is 63.7 Å². The summed E-state index contributed by atoms with van der Waals surface area (Å²) in [5.74, 6) is 0. The van der Waals surface area contributed by atoms with Gasteiger partial charge in [0, 0.05) is 21.9 Å². The SMILES string of the molecule is CC1(C)c2ccccc2-c2ccc(-n3c4ccccc4c4cc(-c5ccccc5)ccc43)cc21. The van der Waals surface area contributed by atoms with Gasteiger partial charge in [-0.1, -0.05) is 98.8 Å². The number of aromatic nitrogens is 1. The Morgan fingerprint density at radius 3 is 2.09 bits per heavy atom. The third kappa shape index (κ3) is 2.61.